The Kier molecular flexibility index (Phi) is 6.02. The number of amides is 2. The van der Waals surface area contributed by atoms with Gasteiger partial charge in [-0.2, -0.15) is 4.98 Å². The summed E-state index contributed by atoms with van der Waals surface area (Å²) in [5, 5.41) is 13.4. The second-order valence-corrected chi connectivity index (χ2v) is 10.9. The Balaban J connectivity index is 1.81. The van der Waals surface area contributed by atoms with Crippen molar-refractivity contribution in [2.24, 2.45) is 5.41 Å². The van der Waals surface area contributed by atoms with Crippen LogP contribution in [0.1, 0.15) is 48.0 Å². The molecule has 2 N–H and O–H groups in total. The van der Waals surface area contributed by atoms with Crippen LogP contribution in [0.15, 0.2) is 22.6 Å². The highest BCUT2D eigenvalue weighted by Gasteiger charge is 2.38. The summed E-state index contributed by atoms with van der Waals surface area (Å²) in [6.45, 7) is 12.2. The minimum atomic E-state index is -0.953. The molecule has 1 fully saturated rings. The molecule has 0 spiro atoms. The number of carboxylic acid groups (broad SMARTS) is 1. The van der Waals surface area contributed by atoms with Gasteiger partial charge in [0.1, 0.15) is 16.8 Å². The predicted molar refractivity (Wildman–Crippen MR) is 134 cm³/mol. The second-order valence-electron chi connectivity index (χ2n) is 10.9. The Morgan fingerprint density at radius 1 is 1.20 bits per heavy atom. The second kappa shape index (κ2) is 8.58. The molecule has 1 aliphatic rings. The standard InChI is InChI=1S/C25H33N5O5/c1-24(2,3)21(31)28-22-26-18-16-12-15(34-7)8-9-17(16)35-19(18)20(27-22)29-11-10-14(13-29)30(23(32)33)25(4,5)6/h8-9,12,14H,10-11,13H2,1-7H3,(H,32,33)(H,26,27,28,31). The van der Waals surface area contributed by atoms with Crippen molar-refractivity contribution in [1.82, 2.24) is 14.9 Å². The highest BCUT2D eigenvalue weighted by atomic mass is 16.5. The Morgan fingerprint density at radius 2 is 1.91 bits per heavy atom. The van der Waals surface area contributed by atoms with Gasteiger partial charge in [-0.1, -0.05) is 20.8 Å². The van der Waals surface area contributed by atoms with E-state index >= 15 is 0 Å². The summed E-state index contributed by atoms with van der Waals surface area (Å²) in [7, 11) is 1.59. The fourth-order valence-electron chi connectivity index (χ4n) is 4.43. The summed E-state index contributed by atoms with van der Waals surface area (Å²) in [6.07, 6.45) is -0.307. The van der Waals surface area contributed by atoms with Crippen LogP contribution in [0.4, 0.5) is 16.6 Å². The Labute approximate surface area is 204 Å². The van der Waals surface area contributed by atoms with Crippen molar-refractivity contribution in [3.63, 3.8) is 0 Å². The van der Waals surface area contributed by atoms with Gasteiger partial charge in [0, 0.05) is 24.0 Å². The van der Waals surface area contributed by atoms with Crippen LogP contribution in [-0.2, 0) is 4.79 Å². The first-order valence-electron chi connectivity index (χ1n) is 11.7. The third-order valence-electron chi connectivity index (χ3n) is 6.16. The van der Waals surface area contributed by atoms with Crippen LogP contribution < -0.4 is 15.0 Å². The Bertz CT molecular complexity index is 1290. The maximum absolute atomic E-state index is 12.7. The lowest BCUT2D eigenvalue weighted by Gasteiger charge is -2.37. The van der Waals surface area contributed by atoms with Gasteiger partial charge in [-0.15, -0.1) is 0 Å². The number of carbonyl (C=O) groups excluding carboxylic acids is 1. The number of ether oxygens (including phenoxy) is 1. The van der Waals surface area contributed by atoms with E-state index in [4.69, 9.17) is 9.15 Å². The van der Waals surface area contributed by atoms with Gasteiger partial charge < -0.3 is 19.2 Å². The fourth-order valence-corrected chi connectivity index (χ4v) is 4.43. The average molecular weight is 484 g/mol. The van der Waals surface area contributed by atoms with E-state index in [1.54, 1.807) is 13.2 Å². The molecule has 188 valence electrons. The van der Waals surface area contributed by atoms with Gasteiger partial charge in [0.15, 0.2) is 11.4 Å². The molecule has 2 amide bonds. The smallest absolute Gasteiger partial charge is 0.408 e. The largest absolute Gasteiger partial charge is 0.497 e. The van der Waals surface area contributed by atoms with Crippen molar-refractivity contribution in [1.29, 1.82) is 0 Å². The lowest BCUT2D eigenvalue weighted by atomic mass is 9.96. The molecule has 0 radical (unpaired) electrons. The predicted octanol–water partition coefficient (Wildman–Crippen LogP) is 4.73. The number of benzene rings is 1. The zero-order valence-electron chi connectivity index (χ0n) is 21.3. The number of nitrogens with zero attached hydrogens (tertiary/aromatic N) is 4. The summed E-state index contributed by atoms with van der Waals surface area (Å²) in [5.41, 5.74) is 0.485. The average Bonchev–Trinajstić information content (AvgIpc) is 3.35. The first kappa shape index (κ1) is 24.6. The number of carbonyl (C=O) groups is 2. The maximum Gasteiger partial charge on any atom is 0.408 e. The number of fused-ring (bicyclic) bond motifs is 3. The highest BCUT2D eigenvalue weighted by Crippen LogP contribution is 2.37. The molecule has 35 heavy (non-hydrogen) atoms. The third-order valence-corrected chi connectivity index (χ3v) is 6.16. The molecule has 1 unspecified atom stereocenters. The number of aromatic nitrogens is 2. The van der Waals surface area contributed by atoms with Crippen molar-refractivity contribution in [2.75, 3.05) is 30.4 Å². The molecule has 1 atom stereocenters. The highest BCUT2D eigenvalue weighted by molar-refractivity contribution is 6.07. The van der Waals surface area contributed by atoms with Crippen molar-refractivity contribution in [3.8, 4) is 5.75 Å². The van der Waals surface area contributed by atoms with Gasteiger partial charge in [-0.3, -0.25) is 15.0 Å². The summed E-state index contributed by atoms with van der Waals surface area (Å²) < 4.78 is 11.5. The Hall–Kier alpha value is -3.56. The van der Waals surface area contributed by atoms with Crippen LogP contribution in [0.2, 0.25) is 0 Å². The van der Waals surface area contributed by atoms with Crippen LogP contribution in [0.25, 0.3) is 22.1 Å². The van der Waals surface area contributed by atoms with E-state index in [0.29, 0.717) is 47.8 Å². The number of methoxy groups -OCH3 is 1. The number of hydrogen-bond acceptors (Lipinski definition) is 7. The topological polar surface area (TPSA) is 121 Å². The van der Waals surface area contributed by atoms with Crippen LogP contribution in [-0.4, -0.2) is 63.8 Å². The minimum Gasteiger partial charge on any atom is -0.497 e. The van der Waals surface area contributed by atoms with E-state index in [2.05, 4.69) is 15.3 Å². The summed E-state index contributed by atoms with van der Waals surface area (Å²) in [6, 6.07) is 5.24. The molecule has 3 aromatic rings. The maximum atomic E-state index is 12.7. The molecule has 0 bridgehead atoms. The number of nitrogens with one attached hydrogen (secondary N) is 1. The zero-order chi connectivity index (χ0) is 25.7. The summed E-state index contributed by atoms with van der Waals surface area (Å²) in [5.74, 6) is 1.14. The van der Waals surface area contributed by atoms with E-state index in [1.807, 2.05) is 58.6 Å². The molecular formula is C25H33N5O5. The van der Waals surface area contributed by atoms with Gasteiger partial charge >= 0.3 is 6.09 Å². The fraction of sp³-hybridized carbons (Fsp3) is 0.520. The first-order chi connectivity index (χ1) is 16.3. The number of hydrogen-bond donors (Lipinski definition) is 2. The number of furan rings is 1. The van der Waals surface area contributed by atoms with E-state index in [1.165, 1.54) is 4.90 Å². The van der Waals surface area contributed by atoms with Gasteiger partial charge in [-0.05, 0) is 45.4 Å². The molecule has 4 rings (SSSR count). The quantitative estimate of drug-likeness (QED) is 0.546. The van der Waals surface area contributed by atoms with E-state index in [0.717, 1.165) is 5.39 Å². The molecule has 3 heterocycles. The lowest BCUT2D eigenvalue weighted by Crippen LogP contribution is -2.52. The van der Waals surface area contributed by atoms with Crippen molar-refractivity contribution < 1.29 is 23.8 Å². The molecule has 1 aliphatic heterocycles. The monoisotopic (exact) mass is 483 g/mol. The van der Waals surface area contributed by atoms with Crippen molar-refractivity contribution in [2.45, 2.75) is 59.5 Å². The van der Waals surface area contributed by atoms with Gasteiger partial charge in [0.25, 0.3) is 0 Å². The molecule has 1 saturated heterocycles. The van der Waals surface area contributed by atoms with Crippen LogP contribution in [0.3, 0.4) is 0 Å². The normalized spacial score (nSPS) is 16.7. The van der Waals surface area contributed by atoms with Crippen LogP contribution in [0, 0.1) is 5.41 Å². The molecule has 2 aromatic heterocycles. The zero-order valence-corrected chi connectivity index (χ0v) is 21.3. The van der Waals surface area contributed by atoms with Crippen molar-refractivity contribution in [3.05, 3.63) is 18.2 Å². The van der Waals surface area contributed by atoms with Crippen molar-refractivity contribution >= 4 is 45.8 Å². The summed E-state index contributed by atoms with van der Waals surface area (Å²) >= 11 is 0. The molecular weight excluding hydrogens is 450 g/mol. The molecule has 0 saturated carbocycles. The third kappa shape index (κ3) is 4.69. The summed E-state index contributed by atoms with van der Waals surface area (Å²) in [4.78, 5) is 37.5. The van der Waals surface area contributed by atoms with E-state index < -0.39 is 17.0 Å². The lowest BCUT2D eigenvalue weighted by molar-refractivity contribution is -0.123. The molecule has 10 heteroatoms. The van der Waals surface area contributed by atoms with E-state index in [9.17, 15) is 14.7 Å². The number of anilines is 2. The van der Waals surface area contributed by atoms with E-state index in [-0.39, 0.29) is 17.9 Å². The van der Waals surface area contributed by atoms with Gasteiger partial charge in [-0.25, -0.2) is 9.78 Å². The van der Waals surface area contributed by atoms with Crippen LogP contribution >= 0.6 is 0 Å². The first-order valence-corrected chi connectivity index (χ1v) is 11.7. The SMILES string of the molecule is COc1ccc2oc3c(N4CCC(N(C(=O)O)C(C)(C)C)C4)nc(NC(=O)C(C)(C)C)nc3c2c1. The minimum absolute atomic E-state index is 0.173. The molecule has 10 nitrogen and oxygen atoms in total. The Morgan fingerprint density at radius 3 is 2.51 bits per heavy atom. The van der Waals surface area contributed by atoms with Crippen LogP contribution in [0.5, 0.6) is 5.75 Å². The molecule has 0 aliphatic carbocycles. The number of rotatable bonds is 4. The van der Waals surface area contributed by atoms with Gasteiger partial charge in [0.05, 0.1) is 18.5 Å². The van der Waals surface area contributed by atoms with Gasteiger partial charge in [0.2, 0.25) is 11.9 Å². The molecule has 1 aromatic carbocycles.